The minimum atomic E-state index is -1.32. The topological polar surface area (TPSA) is 108 Å². The zero-order valence-corrected chi connectivity index (χ0v) is 12.3. The summed E-state index contributed by atoms with van der Waals surface area (Å²) >= 11 is 0. The van der Waals surface area contributed by atoms with Crippen molar-refractivity contribution < 1.29 is 29.0 Å². The second-order valence-electron chi connectivity index (χ2n) is 5.14. The summed E-state index contributed by atoms with van der Waals surface area (Å²) in [7, 11) is 0. The minimum absolute atomic E-state index is 0.178. The van der Waals surface area contributed by atoms with Gasteiger partial charge in [0.1, 0.15) is 6.04 Å². The van der Waals surface area contributed by atoms with Gasteiger partial charge in [-0.3, -0.25) is 9.59 Å². The first-order valence-electron chi connectivity index (χ1n) is 7.29. The Labute approximate surface area is 128 Å². The lowest BCUT2D eigenvalue weighted by Crippen LogP contribution is -2.53. The molecule has 2 N–H and O–H groups in total. The van der Waals surface area contributed by atoms with E-state index in [4.69, 9.17) is 14.6 Å². The Kier molecular flexibility index (Phi) is 5.96. The summed E-state index contributed by atoms with van der Waals surface area (Å²) in [5.41, 5.74) is 0. The highest BCUT2D eigenvalue weighted by atomic mass is 16.5. The molecule has 0 aromatic heterocycles. The fourth-order valence-electron chi connectivity index (χ4n) is 2.47. The third-order valence-corrected chi connectivity index (χ3v) is 3.66. The van der Waals surface area contributed by atoms with E-state index < -0.39 is 12.1 Å². The van der Waals surface area contributed by atoms with Crippen molar-refractivity contribution in [3.8, 4) is 0 Å². The van der Waals surface area contributed by atoms with Crippen LogP contribution in [0.3, 0.4) is 0 Å². The molecule has 0 spiro atoms. The van der Waals surface area contributed by atoms with Gasteiger partial charge in [0, 0.05) is 26.2 Å². The third-order valence-electron chi connectivity index (χ3n) is 3.66. The Balaban J connectivity index is 1.96. The lowest BCUT2D eigenvalue weighted by Gasteiger charge is -2.32. The summed E-state index contributed by atoms with van der Waals surface area (Å²) in [5, 5.41) is 11.1. The van der Waals surface area contributed by atoms with Gasteiger partial charge in [-0.25, -0.2) is 4.79 Å². The Hall–Kier alpha value is -1.87. The molecule has 0 aliphatic carbocycles. The molecule has 2 fully saturated rings. The number of morpholine rings is 2. The van der Waals surface area contributed by atoms with Crippen molar-refractivity contribution in [1.29, 1.82) is 0 Å². The maximum atomic E-state index is 12.4. The number of nitrogens with one attached hydrogen (secondary N) is 1. The number of amides is 3. The molecule has 9 nitrogen and oxygen atoms in total. The molecule has 0 aromatic rings. The molecule has 2 aliphatic rings. The SMILES string of the molecule is O=C(O)NC(CC(=O)N1CCOCC1)C(=O)N1CCOCC1. The van der Waals surface area contributed by atoms with Crippen LogP contribution in [0.1, 0.15) is 6.42 Å². The summed E-state index contributed by atoms with van der Waals surface area (Å²) in [5.74, 6) is -0.629. The second kappa shape index (κ2) is 7.95. The van der Waals surface area contributed by atoms with Gasteiger partial charge in [-0.05, 0) is 0 Å². The highest BCUT2D eigenvalue weighted by Gasteiger charge is 2.31. The maximum absolute atomic E-state index is 12.4. The fraction of sp³-hybridized carbons (Fsp3) is 0.769. The molecule has 2 aliphatic heterocycles. The quantitative estimate of drug-likeness (QED) is 0.670. The van der Waals surface area contributed by atoms with Crippen molar-refractivity contribution in [1.82, 2.24) is 15.1 Å². The average Bonchev–Trinajstić information content (AvgIpc) is 2.54. The molecule has 2 saturated heterocycles. The summed E-state index contributed by atoms with van der Waals surface area (Å²) < 4.78 is 10.3. The maximum Gasteiger partial charge on any atom is 0.405 e. The van der Waals surface area contributed by atoms with Crippen molar-refractivity contribution in [2.24, 2.45) is 0 Å². The van der Waals surface area contributed by atoms with Crippen LogP contribution in [0.4, 0.5) is 4.79 Å². The van der Waals surface area contributed by atoms with Crippen LogP contribution in [-0.4, -0.2) is 91.5 Å². The molecular formula is C13H21N3O6. The molecule has 1 unspecified atom stereocenters. The Morgan fingerprint density at radius 2 is 1.45 bits per heavy atom. The van der Waals surface area contributed by atoms with Crippen molar-refractivity contribution in [3.05, 3.63) is 0 Å². The van der Waals surface area contributed by atoms with Gasteiger partial charge in [-0.15, -0.1) is 0 Å². The fourth-order valence-corrected chi connectivity index (χ4v) is 2.47. The largest absolute Gasteiger partial charge is 0.465 e. The number of nitrogens with zero attached hydrogens (tertiary/aromatic N) is 2. The number of ether oxygens (including phenoxy) is 2. The van der Waals surface area contributed by atoms with E-state index in [1.54, 1.807) is 4.90 Å². The van der Waals surface area contributed by atoms with Crippen LogP contribution in [0.15, 0.2) is 0 Å². The Morgan fingerprint density at radius 3 is 1.95 bits per heavy atom. The molecule has 0 bridgehead atoms. The number of rotatable bonds is 4. The monoisotopic (exact) mass is 315 g/mol. The first-order valence-corrected chi connectivity index (χ1v) is 7.29. The van der Waals surface area contributed by atoms with Gasteiger partial charge in [-0.2, -0.15) is 0 Å². The van der Waals surface area contributed by atoms with Gasteiger partial charge in [0.05, 0.1) is 32.8 Å². The molecule has 22 heavy (non-hydrogen) atoms. The summed E-state index contributed by atoms with van der Waals surface area (Å²) in [6.45, 7) is 3.49. The zero-order valence-electron chi connectivity index (χ0n) is 12.3. The summed E-state index contributed by atoms with van der Waals surface area (Å²) in [6.07, 6.45) is -1.50. The Morgan fingerprint density at radius 1 is 0.955 bits per heavy atom. The van der Waals surface area contributed by atoms with Crippen LogP contribution in [-0.2, 0) is 19.1 Å². The molecule has 2 heterocycles. The molecule has 3 amide bonds. The van der Waals surface area contributed by atoms with Gasteiger partial charge >= 0.3 is 6.09 Å². The lowest BCUT2D eigenvalue weighted by molar-refractivity contribution is -0.143. The van der Waals surface area contributed by atoms with Crippen molar-refractivity contribution in [2.75, 3.05) is 52.6 Å². The second-order valence-corrected chi connectivity index (χ2v) is 5.14. The van der Waals surface area contributed by atoms with E-state index in [0.717, 1.165) is 0 Å². The summed E-state index contributed by atoms with van der Waals surface area (Å²) in [4.78, 5) is 38.6. The van der Waals surface area contributed by atoms with E-state index in [1.165, 1.54) is 4.90 Å². The van der Waals surface area contributed by atoms with Crippen molar-refractivity contribution in [3.63, 3.8) is 0 Å². The van der Waals surface area contributed by atoms with E-state index in [0.29, 0.717) is 52.6 Å². The molecular weight excluding hydrogens is 294 g/mol. The van der Waals surface area contributed by atoms with E-state index in [2.05, 4.69) is 5.32 Å². The average molecular weight is 315 g/mol. The predicted octanol–water partition coefficient (Wildman–Crippen LogP) is -1.27. The van der Waals surface area contributed by atoms with Gasteiger partial charge in [0.15, 0.2) is 0 Å². The molecule has 2 rings (SSSR count). The van der Waals surface area contributed by atoms with Crippen LogP contribution in [0.25, 0.3) is 0 Å². The van der Waals surface area contributed by atoms with Gasteiger partial charge in [-0.1, -0.05) is 0 Å². The normalized spacial score (nSPS) is 20.4. The van der Waals surface area contributed by atoms with Gasteiger partial charge in [0.2, 0.25) is 11.8 Å². The Bertz CT molecular complexity index is 418. The van der Waals surface area contributed by atoms with Gasteiger partial charge < -0.3 is 29.7 Å². The van der Waals surface area contributed by atoms with Crippen molar-refractivity contribution in [2.45, 2.75) is 12.5 Å². The summed E-state index contributed by atoms with van der Waals surface area (Å²) in [6, 6.07) is -1.06. The molecule has 0 saturated carbocycles. The van der Waals surface area contributed by atoms with Crippen LogP contribution < -0.4 is 5.32 Å². The first-order chi connectivity index (χ1) is 10.6. The van der Waals surface area contributed by atoms with E-state index in [-0.39, 0.29) is 18.2 Å². The number of carbonyl (C=O) groups excluding carboxylic acids is 2. The third kappa shape index (κ3) is 4.57. The highest BCUT2D eigenvalue weighted by Crippen LogP contribution is 2.08. The number of hydrogen-bond donors (Lipinski definition) is 2. The highest BCUT2D eigenvalue weighted by molar-refractivity contribution is 5.90. The van der Waals surface area contributed by atoms with Crippen LogP contribution in [0.5, 0.6) is 0 Å². The molecule has 124 valence electrons. The van der Waals surface area contributed by atoms with Crippen LogP contribution >= 0.6 is 0 Å². The molecule has 0 radical (unpaired) electrons. The van der Waals surface area contributed by atoms with E-state index in [1.807, 2.05) is 0 Å². The smallest absolute Gasteiger partial charge is 0.405 e. The minimum Gasteiger partial charge on any atom is -0.465 e. The number of hydrogen-bond acceptors (Lipinski definition) is 5. The molecule has 0 aromatic carbocycles. The number of carboxylic acid groups (broad SMARTS) is 1. The zero-order chi connectivity index (χ0) is 15.9. The molecule has 9 heteroatoms. The van der Waals surface area contributed by atoms with Crippen LogP contribution in [0.2, 0.25) is 0 Å². The van der Waals surface area contributed by atoms with Crippen molar-refractivity contribution >= 4 is 17.9 Å². The molecule has 1 atom stereocenters. The lowest BCUT2D eigenvalue weighted by atomic mass is 10.1. The predicted molar refractivity (Wildman–Crippen MR) is 74.4 cm³/mol. The van der Waals surface area contributed by atoms with E-state index in [9.17, 15) is 14.4 Å². The number of carbonyl (C=O) groups is 3. The van der Waals surface area contributed by atoms with E-state index >= 15 is 0 Å². The van der Waals surface area contributed by atoms with Gasteiger partial charge in [0.25, 0.3) is 0 Å². The standard InChI is InChI=1S/C13H21N3O6/c17-11(15-1-5-21-6-2-15)9-10(14-13(19)20)12(18)16-3-7-22-8-4-16/h10,14H,1-9H2,(H,19,20). The first kappa shape index (κ1) is 16.5. The van der Waals surface area contributed by atoms with Crippen LogP contribution in [0, 0.1) is 0 Å².